The topological polar surface area (TPSA) is 40.5 Å². The molecule has 0 aromatic heterocycles. The Balaban J connectivity index is 0.00000158. The molecule has 0 bridgehead atoms. The number of aliphatic imine (C=N–C) groups is 1. The maximum atomic E-state index is 6.22. The van der Waals surface area contributed by atoms with Crippen molar-refractivity contribution in [2.75, 3.05) is 65.6 Å². The molecule has 6 nitrogen and oxygen atoms in total. The predicted octanol–water partition coefficient (Wildman–Crippen LogP) is 5.33. The molecule has 2 saturated heterocycles. The molecule has 2 heterocycles. The highest BCUT2D eigenvalue weighted by Gasteiger charge is 2.17. The van der Waals surface area contributed by atoms with Crippen molar-refractivity contribution in [3.05, 3.63) is 53.1 Å². The maximum absolute atomic E-state index is 6.22. The van der Waals surface area contributed by atoms with E-state index in [1.807, 2.05) is 62.7 Å². The first-order valence-electron chi connectivity index (χ1n) is 12.6. The van der Waals surface area contributed by atoms with Crippen LogP contribution in [0.15, 0.2) is 47.5 Å². The molecule has 0 unspecified atom stereocenters. The van der Waals surface area contributed by atoms with Crippen LogP contribution in [0.5, 0.6) is 11.5 Å². The minimum absolute atomic E-state index is 0.726. The first-order valence-corrected chi connectivity index (χ1v) is 12.9. The minimum atomic E-state index is 0.726. The van der Waals surface area contributed by atoms with Crippen LogP contribution in [0.1, 0.15) is 26.3 Å². The van der Waals surface area contributed by atoms with Crippen molar-refractivity contribution in [3.63, 3.8) is 0 Å². The normalized spacial score (nSPS) is 17.5. The molecular weight excluding hydrogens is 448 g/mol. The molecule has 2 aliphatic heterocycles. The number of aryl methyl sites for hydroxylation is 1. The summed E-state index contributed by atoms with van der Waals surface area (Å²) < 4.78 is 11.7. The van der Waals surface area contributed by atoms with Gasteiger partial charge < -0.3 is 14.4 Å². The fraction of sp³-hybridized carbons (Fsp3) is 0.519. The second-order valence-corrected chi connectivity index (χ2v) is 8.69. The summed E-state index contributed by atoms with van der Waals surface area (Å²) in [5.74, 6) is 1.58. The highest BCUT2D eigenvalue weighted by Crippen LogP contribution is 2.34. The van der Waals surface area contributed by atoms with Crippen LogP contribution in [0.25, 0.3) is 0 Å². The molecule has 7 heteroatoms. The average molecular weight is 487 g/mol. The van der Waals surface area contributed by atoms with Crippen molar-refractivity contribution in [2.24, 2.45) is 4.99 Å². The van der Waals surface area contributed by atoms with Crippen molar-refractivity contribution in [3.8, 4) is 11.5 Å². The molecular formula is C27H39ClN4O2. The number of morpholine rings is 1. The van der Waals surface area contributed by atoms with Gasteiger partial charge in [-0.1, -0.05) is 44.5 Å². The molecule has 2 aromatic rings. The Bertz CT molecular complexity index is 894. The Morgan fingerprint density at radius 2 is 1.59 bits per heavy atom. The Hall–Kier alpha value is -2.12. The van der Waals surface area contributed by atoms with Gasteiger partial charge in [0.05, 0.1) is 19.6 Å². The lowest BCUT2D eigenvalue weighted by Crippen LogP contribution is -2.48. The Morgan fingerprint density at radius 3 is 2.29 bits per heavy atom. The largest absolute Gasteiger partial charge is 0.455 e. The second kappa shape index (κ2) is 14.3. The number of hydrogen-bond donors (Lipinski definition) is 0. The summed E-state index contributed by atoms with van der Waals surface area (Å²) in [6, 6.07) is 13.7. The van der Waals surface area contributed by atoms with E-state index in [0.717, 1.165) is 99.8 Å². The zero-order valence-electron chi connectivity index (χ0n) is 20.9. The van der Waals surface area contributed by atoms with Gasteiger partial charge in [-0.05, 0) is 42.3 Å². The van der Waals surface area contributed by atoms with Crippen LogP contribution in [0, 0.1) is 0 Å². The van der Waals surface area contributed by atoms with Crippen LogP contribution >= 0.6 is 11.6 Å². The smallest absolute Gasteiger partial charge is 0.153 e. The number of halogens is 1. The molecule has 0 aliphatic carbocycles. The van der Waals surface area contributed by atoms with Crippen molar-refractivity contribution >= 4 is 23.6 Å². The standard InChI is InChI=1S/C25H33ClN4O2.C2H6/c1-2-21-19-22(26)7-8-24(21)32-25-6-4-3-5-23(25)27-20-30-13-11-28(12-14-30)9-10-29-15-17-31-18-16-29;1-2/h3-8,19-20H,2,9-18H2,1H3;1-2H3. The van der Waals surface area contributed by atoms with Gasteiger partial charge in [0.2, 0.25) is 0 Å². The van der Waals surface area contributed by atoms with Gasteiger partial charge in [-0.25, -0.2) is 4.99 Å². The molecule has 186 valence electrons. The third kappa shape index (κ3) is 7.98. The number of para-hydroxylation sites is 2. The van der Waals surface area contributed by atoms with E-state index in [4.69, 9.17) is 26.1 Å². The van der Waals surface area contributed by atoms with E-state index in [9.17, 15) is 0 Å². The van der Waals surface area contributed by atoms with E-state index in [1.54, 1.807) is 0 Å². The van der Waals surface area contributed by atoms with E-state index < -0.39 is 0 Å². The number of piperazine rings is 1. The molecule has 2 fully saturated rings. The van der Waals surface area contributed by atoms with E-state index >= 15 is 0 Å². The zero-order valence-corrected chi connectivity index (χ0v) is 21.6. The van der Waals surface area contributed by atoms with Gasteiger partial charge in [0.15, 0.2) is 5.75 Å². The molecule has 0 N–H and O–H groups in total. The van der Waals surface area contributed by atoms with Gasteiger partial charge in [-0.3, -0.25) is 9.80 Å². The predicted molar refractivity (Wildman–Crippen MR) is 142 cm³/mol. The molecule has 4 rings (SSSR count). The van der Waals surface area contributed by atoms with Crippen LogP contribution in [0.3, 0.4) is 0 Å². The monoisotopic (exact) mass is 486 g/mol. The fourth-order valence-corrected chi connectivity index (χ4v) is 4.24. The highest BCUT2D eigenvalue weighted by atomic mass is 35.5. The summed E-state index contributed by atoms with van der Waals surface area (Å²) in [6.07, 6.45) is 2.82. The Kier molecular flexibility index (Phi) is 11.2. The van der Waals surface area contributed by atoms with Gasteiger partial charge in [-0.15, -0.1) is 0 Å². The summed E-state index contributed by atoms with van der Waals surface area (Å²) >= 11 is 6.14. The summed E-state index contributed by atoms with van der Waals surface area (Å²) in [4.78, 5) is 12.1. The lowest BCUT2D eigenvalue weighted by Gasteiger charge is -2.35. The molecule has 2 aliphatic rings. The molecule has 0 radical (unpaired) electrons. The highest BCUT2D eigenvalue weighted by molar-refractivity contribution is 6.30. The summed E-state index contributed by atoms with van der Waals surface area (Å²) in [7, 11) is 0. The van der Waals surface area contributed by atoms with Gasteiger partial charge in [0, 0.05) is 57.4 Å². The SMILES string of the molecule is CC.CCc1cc(Cl)ccc1Oc1ccccc1N=CN1CCN(CCN2CCOCC2)CC1. The van der Waals surface area contributed by atoms with E-state index in [2.05, 4.69) is 21.6 Å². The van der Waals surface area contributed by atoms with Crippen LogP contribution < -0.4 is 4.74 Å². The quantitative estimate of drug-likeness (QED) is 0.372. The lowest BCUT2D eigenvalue weighted by molar-refractivity contribution is 0.0316. The number of rotatable bonds is 8. The molecule has 0 atom stereocenters. The van der Waals surface area contributed by atoms with Crippen molar-refractivity contribution in [1.29, 1.82) is 0 Å². The van der Waals surface area contributed by atoms with Crippen LogP contribution in [-0.2, 0) is 11.2 Å². The van der Waals surface area contributed by atoms with Crippen molar-refractivity contribution in [1.82, 2.24) is 14.7 Å². The summed E-state index contributed by atoms with van der Waals surface area (Å²) in [6.45, 7) is 16.3. The third-order valence-corrected chi connectivity index (χ3v) is 6.33. The number of hydrogen-bond acceptors (Lipinski definition) is 5. The lowest BCUT2D eigenvalue weighted by atomic mass is 10.1. The summed E-state index contributed by atoms with van der Waals surface area (Å²) in [5.41, 5.74) is 1.92. The van der Waals surface area contributed by atoms with Crippen LogP contribution in [-0.4, -0.2) is 86.6 Å². The Labute approximate surface area is 210 Å². The molecule has 0 spiro atoms. The number of nitrogens with zero attached hydrogens (tertiary/aromatic N) is 4. The van der Waals surface area contributed by atoms with Crippen molar-refractivity contribution < 1.29 is 9.47 Å². The van der Waals surface area contributed by atoms with E-state index in [0.29, 0.717) is 0 Å². The van der Waals surface area contributed by atoms with E-state index in [1.165, 1.54) is 0 Å². The van der Waals surface area contributed by atoms with Crippen LogP contribution in [0.4, 0.5) is 5.69 Å². The van der Waals surface area contributed by atoms with Crippen molar-refractivity contribution in [2.45, 2.75) is 27.2 Å². The molecule has 0 saturated carbocycles. The van der Waals surface area contributed by atoms with E-state index in [-0.39, 0.29) is 0 Å². The summed E-state index contributed by atoms with van der Waals surface area (Å²) in [5, 5.41) is 0.726. The second-order valence-electron chi connectivity index (χ2n) is 8.25. The van der Waals surface area contributed by atoms with Gasteiger partial charge >= 0.3 is 0 Å². The first-order chi connectivity index (χ1) is 16.7. The van der Waals surface area contributed by atoms with Gasteiger partial charge in [-0.2, -0.15) is 0 Å². The zero-order chi connectivity index (χ0) is 24.2. The fourth-order valence-electron chi connectivity index (χ4n) is 4.05. The minimum Gasteiger partial charge on any atom is -0.455 e. The first kappa shape index (κ1) is 26.5. The molecule has 2 aromatic carbocycles. The van der Waals surface area contributed by atoms with Gasteiger partial charge in [0.1, 0.15) is 11.4 Å². The third-order valence-electron chi connectivity index (χ3n) is 6.09. The average Bonchev–Trinajstić information content (AvgIpc) is 2.90. The maximum Gasteiger partial charge on any atom is 0.153 e. The molecule has 0 amide bonds. The Morgan fingerprint density at radius 1 is 0.912 bits per heavy atom. The van der Waals surface area contributed by atoms with Gasteiger partial charge in [0.25, 0.3) is 0 Å². The molecule has 34 heavy (non-hydrogen) atoms. The number of benzene rings is 2. The number of ether oxygens (including phenoxy) is 2. The van der Waals surface area contributed by atoms with Crippen LogP contribution in [0.2, 0.25) is 5.02 Å².